The predicted molar refractivity (Wildman–Crippen MR) is 130 cm³/mol. The molecule has 0 bridgehead atoms. The SMILES string of the molecule is C[C@@H](O)C#Cc1ccc2c(c1)O[C@@H](CN(C)CC1CCOCC1)[C@@H](C)CN([C@@H](C)CO)S2(=O)=O. The Kier molecular flexibility index (Phi) is 9.38. The fourth-order valence-corrected chi connectivity index (χ4v) is 6.29. The Labute approximate surface area is 203 Å². The number of rotatable bonds is 6. The molecule has 0 amide bonds. The van der Waals surface area contributed by atoms with Crippen LogP contribution in [-0.2, 0) is 14.8 Å². The van der Waals surface area contributed by atoms with E-state index in [1.165, 1.54) is 10.4 Å². The highest BCUT2D eigenvalue weighted by molar-refractivity contribution is 7.89. The van der Waals surface area contributed by atoms with Gasteiger partial charge in [0.1, 0.15) is 22.9 Å². The molecule has 0 radical (unpaired) electrons. The number of benzene rings is 1. The van der Waals surface area contributed by atoms with Crippen LogP contribution in [0.25, 0.3) is 0 Å². The Morgan fingerprint density at radius 2 is 1.94 bits per heavy atom. The summed E-state index contributed by atoms with van der Waals surface area (Å²) >= 11 is 0. The summed E-state index contributed by atoms with van der Waals surface area (Å²) in [4.78, 5) is 2.32. The molecule has 34 heavy (non-hydrogen) atoms. The average molecular weight is 495 g/mol. The minimum atomic E-state index is -3.89. The van der Waals surface area contributed by atoms with Crippen LogP contribution in [0.3, 0.4) is 0 Å². The molecule has 3 rings (SSSR count). The Hall–Kier alpha value is -1.67. The molecular formula is C25H38N2O6S. The minimum absolute atomic E-state index is 0.0689. The summed E-state index contributed by atoms with van der Waals surface area (Å²) in [5, 5.41) is 19.3. The van der Waals surface area contributed by atoms with Crippen LogP contribution >= 0.6 is 0 Å². The first-order valence-corrected chi connectivity index (χ1v) is 13.4. The summed E-state index contributed by atoms with van der Waals surface area (Å²) in [6, 6.07) is 4.20. The standard InChI is InChI=1S/C25H38N2O6S/c1-18-14-27(19(2)17-28)34(30,31)25-8-7-21(6-5-20(3)29)13-23(25)33-24(18)16-26(4)15-22-9-11-32-12-10-22/h7-8,13,18-20,22,24,28-29H,9-12,14-17H2,1-4H3/t18-,19-,20+,24-/m0/s1. The van der Waals surface area contributed by atoms with Crippen LogP contribution in [0.4, 0.5) is 0 Å². The van der Waals surface area contributed by atoms with E-state index in [4.69, 9.17) is 9.47 Å². The maximum Gasteiger partial charge on any atom is 0.247 e. The lowest BCUT2D eigenvalue weighted by Gasteiger charge is -2.38. The molecule has 2 heterocycles. The summed E-state index contributed by atoms with van der Waals surface area (Å²) in [6.07, 6.45) is 1.03. The van der Waals surface area contributed by atoms with E-state index in [0.29, 0.717) is 18.0 Å². The second-order valence-corrected chi connectivity index (χ2v) is 11.5. The van der Waals surface area contributed by atoms with E-state index in [1.807, 2.05) is 6.92 Å². The van der Waals surface area contributed by atoms with Gasteiger partial charge in [-0.3, -0.25) is 0 Å². The van der Waals surface area contributed by atoms with Gasteiger partial charge >= 0.3 is 0 Å². The molecule has 9 heteroatoms. The highest BCUT2D eigenvalue weighted by Crippen LogP contribution is 2.34. The molecule has 0 spiro atoms. The highest BCUT2D eigenvalue weighted by atomic mass is 32.2. The molecule has 0 unspecified atom stereocenters. The van der Waals surface area contributed by atoms with Crippen LogP contribution in [0.15, 0.2) is 23.1 Å². The molecule has 0 aromatic heterocycles. The Bertz CT molecular complexity index is 981. The lowest BCUT2D eigenvalue weighted by atomic mass is 9.98. The third-order valence-corrected chi connectivity index (χ3v) is 8.51. The number of ether oxygens (including phenoxy) is 2. The summed E-state index contributed by atoms with van der Waals surface area (Å²) in [5.74, 6) is 6.28. The third kappa shape index (κ3) is 6.72. The predicted octanol–water partition coefficient (Wildman–Crippen LogP) is 1.55. The topological polar surface area (TPSA) is 99.5 Å². The molecule has 2 aliphatic rings. The first kappa shape index (κ1) is 26.9. The van der Waals surface area contributed by atoms with E-state index in [2.05, 4.69) is 23.8 Å². The van der Waals surface area contributed by atoms with Crippen molar-refractivity contribution in [3.63, 3.8) is 0 Å². The number of hydrogen-bond acceptors (Lipinski definition) is 7. The molecule has 0 saturated carbocycles. The van der Waals surface area contributed by atoms with E-state index in [9.17, 15) is 18.6 Å². The quantitative estimate of drug-likeness (QED) is 0.579. The van der Waals surface area contributed by atoms with Crippen molar-refractivity contribution in [2.45, 2.75) is 56.8 Å². The van der Waals surface area contributed by atoms with Gasteiger partial charge in [0.05, 0.1) is 6.61 Å². The van der Waals surface area contributed by atoms with Gasteiger partial charge in [-0.15, -0.1) is 0 Å². The summed E-state index contributed by atoms with van der Waals surface area (Å²) in [6.45, 7) is 8.41. The van der Waals surface area contributed by atoms with Crippen molar-refractivity contribution in [2.75, 3.05) is 46.5 Å². The lowest BCUT2D eigenvalue weighted by Crippen LogP contribution is -2.50. The lowest BCUT2D eigenvalue weighted by molar-refractivity contribution is 0.0402. The van der Waals surface area contributed by atoms with Gasteiger partial charge in [-0.05, 0) is 57.9 Å². The molecule has 1 aromatic rings. The highest BCUT2D eigenvalue weighted by Gasteiger charge is 2.38. The van der Waals surface area contributed by atoms with Gasteiger partial charge in [-0.1, -0.05) is 18.8 Å². The van der Waals surface area contributed by atoms with Crippen LogP contribution in [0.1, 0.15) is 39.2 Å². The van der Waals surface area contributed by atoms with Gasteiger partial charge in [0.25, 0.3) is 0 Å². The smallest absolute Gasteiger partial charge is 0.247 e. The normalized spacial score (nSPS) is 25.3. The van der Waals surface area contributed by atoms with E-state index in [-0.39, 0.29) is 35.8 Å². The molecule has 190 valence electrons. The third-order valence-electron chi connectivity index (χ3n) is 6.49. The van der Waals surface area contributed by atoms with Crippen molar-refractivity contribution in [2.24, 2.45) is 11.8 Å². The van der Waals surface area contributed by atoms with Crippen LogP contribution in [0.2, 0.25) is 0 Å². The van der Waals surface area contributed by atoms with Crippen molar-refractivity contribution in [3.05, 3.63) is 23.8 Å². The number of hydrogen-bond donors (Lipinski definition) is 2. The largest absolute Gasteiger partial charge is 0.487 e. The maximum atomic E-state index is 13.5. The van der Waals surface area contributed by atoms with Gasteiger partial charge in [0, 0.05) is 50.4 Å². The summed E-state index contributed by atoms with van der Waals surface area (Å²) in [5.41, 5.74) is 0.569. The number of likely N-dealkylation sites (N-methyl/N-ethyl adjacent to an activating group) is 1. The fraction of sp³-hybridized carbons (Fsp3) is 0.680. The second-order valence-electron chi connectivity index (χ2n) is 9.62. The van der Waals surface area contributed by atoms with Crippen LogP contribution in [0, 0.1) is 23.7 Å². The fourth-order valence-electron chi connectivity index (χ4n) is 4.46. The minimum Gasteiger partial charge on any atom is -0.487 e. The zero-order valence-electron chi connectivity index (χ0n) is 20.6. The van der Waals surface area contributed by atoms with Crippen LogP contribution in [0.5, 0.6) is 5.75 Å². The molecule has 4 atom stereocenters. The molecular weight excluding hydrogens is 456 g/mol. The summed E-state index contributed by atoms with van der Waals surface area (Å²) < 4.78 is 40.3. The number of sulfonamides is 1. The Balaban J connectivity index is 1.94. The molecule has 1 aromatic carbocycles. The molecule has 1 fully saturated rings. The van der Waals surface area contributed by atoms with Gasteiger partial charge in [-0.25, -0.2) is 8.42 Å². The molecule has 8 nitrogen and oxygen atoms in total. The average Bonchev–Trinajstić information content (AvgIpc) is 2.80. The second kappa shape index (κ2) is 11.8. The Morgan fingerprint density at radius 1 is 1.24 bits per heavy atom. The monoisotopic (exact) mass is 494 g/mol. The van der Waals surface area contributed by atoms with Gasteiger partial charge in [0.2, 0.25) is 10.0 Å². The van der Waals surface area contributed by atoms with E-state index in [0.717, 1.165) is 32.6 Å². The molecule has 1 saturated heterocycles. The first-order valence-electron chi connectivity index (χ1n) is 12.0. The van der Waals surface area contributed by atoms with Crippen LogP contribution in [-0.4, -0.2) is 92.6 Å². The summed E-state index contributed by atoms with van der Waals surface area (Å²) in [7, 11) is -1.82. The van der Waals surface area contributed by atoms with Gasteiger partial charge < -0.3 is 24.6 Å². The van der Waals surface area contributed by atoms with Gasteiger partial charge in [0.15, 0.2) is 0 Å². The van der Waals surface area contributed by atoms with Crippen molar-refractivity contribution < 1.29 is 28.1 Å². The molecule has 0 aliphatic carbocycles. The number of aliphatic hydroxyl groups excluding tert-OH is 2. The van der Waals surface area contributed by atoms with E-state index in [1.54, 1.807) is 26.0 Å². The Morgan fingerprint density at radius 3 is 2.59 bits per heavy atom. The maximum absolute atomic E-state index is 13.5. The van der Waals surface area contributed by atoms with Crippen molar-refractivity contribution in [3.8, 4) is 17.6 Å². The number of aliphatic hydroxyl groups is 2. The molecule has 2 aliphatic heterocycles. The van der Waals surface area contributed by atoms with Crippen molar-refractivity contribution >= 4 is 10.0 Å². The molecule has 2 N–H and O–H groups in total. The van der Waals surface area contributed by atoms with E-state index < -0.39 is 22.2 Å². The van der Waals surface area contributed by atoms with Gasteiger partial charge in [-0.2, -0.15) is 4.31 Å². The van der Waals surface area contributed by atoms with Crippen molar-refractivity contribution in [1.82, 2.24) is 9.21 Å². The number of nitrogens with zero attached hydrogens (tertiary/aromatic N) is 2. The number of fused-ring (bicyclic) bond motifs is 1. The zero-order valence-corrected chi connectivity index (χ0v) is 21.4. The zero-order chi connectivity index (χ0) is 24.9. The van der Waals surface area contributed by atoms with E-state index >= 15 is 0 Å². The van der Waals surface area contributed by atoms with Crippen molar-refractivity contribution in [1.29, 1.82) is 0 Å². The first-order chi connectivity index (χ1) is 16.1. The van der Waals surface area contributed by atoms with Crippen LogP contribution < -0.4 is 4.74 Å².